The molecule has 1 aliphatic rings. The molecule has 0 spiro atoms. The summed E-state index contributed by atoms with van der Waals surface area (Å²) in [7, 11) is 0. The van der Waals surface area contributed by atoms with E-state index in [0.717, 1.165) is 19.3 Å². The molecule has 0 N–H and O–H groups in total. The Morgan fingerprint density at radius 2 is 1.95 bits per heavy atom. The Kier molecular flexibility index (Phi) is 5.15. The van der Waals surface area contributed by atoms with E-state index in [-0.39, 0.29) is 17.3 Å². The third-order valence-electron chi connectivity index (χ3n) is 3.73. The van der Waals surface area contributed by atoms with Gasteiger partial charge in [0.2, 0.25) is 0 Å². The lowest BCUT2D eigenvalue weighted by Gasteiger charge is -2.20. The van der Waals surface area contributed by atoms with Crippen LogP contribution in [0.4, 0.5) is 18.9 Å². The van der Waals surface area contributed by atoms with E-state index in [1.807, 2.05) is 0 Å². The predicted octanol–water partition coefficient (Wildman–Crippen LogP) is 4.47. The minimum absolute atomic E-state index is 0.211. The fourth-order valence-electron chi connectivity index (χ4n) is 2.62. The van der Waals surface area contributed by atoms with Gasteiger partial charge in [0.25, 0.3) is 5.69 Å². The number of aliphatic imine (C=N–C) groups is 1. The zero-order valence-corrected chi connectivity index (χ0v) is 12.0. The van der Waals surface area contributed by atoms with Crippen molar-refractivity contribution in [1.82, 2.24) is 0 Å². The number of rotatable bonds is 4. The maximum Gasteiger partial charge on any atom is 0.429 e. The molecule has 1 aliphatic carbocycles. The highest BCUT2D eigenvalue weighted by molar-refractivity contribution is 5.91. The molecule has 0 unspecified atom stereocenters. The summed E-state index contributed by atoms with van der Waals surface area (Å²) in [6.45, 7) is 0. The van der Waals surface area contributed by atoms with Crippen LogP contribution in [0.1, 0.15) is 37.7 Å². The summed E-state index contributed by atoms with van der Waals surface area (Å²) in [5.74, 6) is 0. The second-order valence-electron chi connectivity index (χ2n) is 5.47. The van der Waals surface area contributed by atoms with Gasteiger partial charge in [0.15, 0.2) is 0 Å². The van der Waals surface area contributed by atoms with Crippen molar-refractivity contribution >= 4 is 11.4 Å². The van der Waals surface area contributed by atoms with Gasteiger partial charge >= 0.3 is 6.18 Å². The number of hydrogen-bond acceptors (Lipinski definition) is 3. The van der Waals surface area contributed by atoms with Crippen LogP contribution in [0.3, 0.4) is 0 Å². The molecule has 4 nitrogen and oxygen atoms in total. The van der Waals surface area contributed by atoms with Crippen molar-refractivity contribution < 1.29 is 18.1 Å². The molecule has 0 amide bonds. The number of non-ortho nitro benzene ring substituents is 1. The maximum absolute atomic E-state index is 13.2. The van der Waals surface area contributed by atoms with Crippen molar-refractivity contribution in [2.24, 2.45) is 4.99 Å². The molecule has 2 rings (SSSR count). The molecule has 0 heterocycles. The van der Waals surface area contributed by atoms with E-state index in [1.54, 1.807) is 0 Å². The van der Waals surface area contributed by atoms with Gasteiger partial charge in [-0.1, -0.05) is 31.4 Å². The standard InChI is InChI=1S/C15H17F3N2O2/c16-15(17,18)14(19-12-6-2-1-3-7-12)10-11-5-4-8-13(9-11)20(21)22/h4-5,8-9,12H,1-3,6-7,10H2. The van der Waals surface area contributed by atoms with Gasteiger partial charge in [0, 0.05) is 18.6 Å². The van der Waals surface area contributed by atoms with Crippen molar-refractivity contribution in [2.75, 3.05) is 0 Å². The molecule has 22 heavy (non-hydrogen) atoms. The summed E-state index contributed by atoms with van der Waals surface area (Å²) < 4.78 is 39.5. The average Bonchev–Trinajstić information content (AvgIpc) is 2.47. The Morgan fingerprint density at radius 1 is 1.27 bits per heavy atom. The van der Waals surface area contributed by atoms with Gasteiger partial charge in [-0.15, -0.1) is 0 Å². The van der Waals surface area contributed by atoms with Crippen LogP contribution in [0, 0.1) is 10.1 Å². The van der Waals surface area contributed by atoms with Crippen molar-refractivity contribution in [3.8, 4) is 0 Å². The first-order valence-corrected chi connectivity index (χ1v) is 7.23. The van der Waals surface area contributed by atoms with Gasteiger partial charge in [-0.2, -0.15) is 13.2 Å². The summed E-state index contributed by atoms with van der Waals surface area (Å²) >= 11 is 0. The number of halogens is 3. The second-order valence-corrected chi connectivity index (χ2v) is 5.47. The Bertz CT molecular complexity index is 564. The minimum atomic E-state index is -4.51. The van der Waals surface area contributed by atoms with E-state index in [1.165, 1.54) is 24.3 Å². The van der Waals surface area contributed by atoms with Crippen LogP contribution in [0.15, 0.2) is 29.3 Å². The van der Waals surface area contributed by atoms with E-state index in [9.17, 15) is 23.3 Å². The topological polar surface area (TPSA) is 55.5 Å². The summed E-state index contributed by atoms with van der Waals surface area (Å²) in [5.41, 5.74) is -0.808. The number of nitrogens with zero attached hydrogens (tertiary/aromatic N) is 2. The Hall–Kier alpha value is -1.92. The van der Waals surface area contributed by atoms with Crippen LogP contribution in [-0.2, 0) is 6.42 Å². The van der Waals surface area contributed by atoms with Gasteiger partial charge < -0.3 is 0 Å². The molecular weight excluding hydrogens is 297 g/mol. The molecule has 1 fully saturated rings. The Labute approximate surface area is 126 Å². The Morgan fingerprint density at radius 3 is 2.55 bits per heavy atom. The molecule has 0 radical (unpaired) electrons. The van der Waals surface area contributed by atoms with Crippen LogP contribution in [0.5, 0.6) is 0 Å². The van der Waals surface area contributed by atoms with Crippen molar-refractivity contribution in [2.45, 2.75) is 50.7 Å². The number of benzene rings is 1. The van der Waals surface area contributed by atoms with Crippen LogP contribution in [-0.4, -0.2) is 22.9 Å². The molecule has 120 valence electrons. The van der Waals surface area contributed by atoms with Crippen LogP contribution in [0.2, 0.25) is 0 Å². The largest absolute Gasteiger partial charge is 0.429 e. The number of nitro groups is 1. The van der Waals surface area contributed by atoms with Crippen LogP contribution >= 0.6 is 0 Å². The number of nitro benzene ring substituents is 1. The van der Waals surface area contributed by atoms with E-state index >= 15 is 0 Å². The molecule has 0 aromatic heterocycles. The number of alkyl halides is 3. The SMILES string of the molecule is O=[N+]([O-])c1cccc(CC(=NC2CCCCC2)C(F)(F)F)c1. The molecule has 0 atom stereocenters. The normalized spacial score (nSPS) is 17.5. The summed E-state index contributed by atoms with van der Waals surface area (Å²) in [4.78, 5) is 14.0. The first kappa shape index (κ1) is 16.5. The zero-order chi connectivity index (χ0) is 16.2. The molecule has 0 saturated heterocycles. The van der Waals surface area contributed by atoms with Gasteiger partial charge in [-0.3, -0.25) is 15.1 Å². The minimum Gasteiger partial charge on any atom is -0.281 e. The van der Waals surface area contributed by atoms with Gasteiger partial charge in [0.05, 0.1) is 11.0 Å². The smallest absolute Gasteiger partial charge is 0.281 e. The van der Waals surface area contributed by atoms with E-state index in [0.29, 0.717) is 12.8 Å². The fourth-order valence-corrected chi connectivity index (χ4v) is 2.62. The molecule has 1 saturated carbocycles. The highest BCUT2D eigenvalue weighted by Gasteiger charge is 2.36. The second kappa shape index (κ2) is 6.89. The van der Waals surface area contributed by atoms with Gasteiger partial charge in [0.1, 0.15) is 5.71 Å². The Balaban J connectivity index is 2.21. The van der Waals surface area contributed by atoms with Crippen molar-refractivity contribution in [3.63, 3.8) is 0 Å². The molecule has 7 heteroatoms. The third-order valence-corrected chi connectivity index (χ3v) is 3.73. The van der Waals surface area contributed by atoms with Crippen LogP contribution in [0.25, 0.3) is 0 Å². The highest BCUT2D eigenvalue weighted by Crippen LogP contribution is 2.26. The first-order valence-electron chi connectivity index (χ1n) is 7.23. The molecular formula is C15H17F3N2O2. The average molecular weight is 314 g/mol. The van der Waals surface area contributed by atoms with Crippen molar-refractivity contribution in [1.29, 1.82) is 0 Å². The van der Waals surface area contributed by atoms with Crippen LogP contribution < -0.4 is 0 Å². The third kappa shape index (κ3) is 4.54. The van der Waals surface area contributed by atoms with Gasteiger partial charge in [-0.05, 0) is 18.4 Å². The monoisotopic (exact) mass is 314 g/mol. The van der Waals surface area contributed by atoms with E-state index in [2.05, 4.69) is 4.99 Å². The van der Waals surface area contributed by atoms with E-state index < -0.39 is 23.2 Å². The zero-order valence-electron chi connectivity index (χ0n) is 12.0. The summed E-state index contributed by atoms with van der Waals surface area (Å²) in [6, 6.07) is 4.98. The molecule has 1 aromatic rings. The molecule has 0 bridgehead atoms. The molecule has 1 aromatic carbocycles. The highest BCUT2D eigenvalue weighted by atomic mass is 19.4. The molecule has 0 aliphatic heterocycles. The van der Waals surface area contributed by atoms with E-state index in [4.69, 9.17) is 0 Å². The number of hydrogen-bond donors (Lipinski definition) is 0. The lowest BCUT2D eigenvalue weighted by Crippen LogP contribution is -2.28. The lowest BCUT2D eigenvalue weighted by molar-refractivity contribution is -0.384. The first-order chi connectivity index (χ1) is 10.4. The lowest BCUT2D eigenvalue weighted by atomic mass is 9.95. The summed E-state index contributed by atoms with van der Waals surface area (Å²) in [6.07, 6.45) is -0.753. The maximum atomic E-state index is 13.2. The fraction of sp³-hybridized carbons (Fsp3) is 0.533. The van der Waals surface area contributed by atoms with Gasteiger partial charge in [-0.25, -0.2) is 0 Å². The predicted molar refractivity (Wildman–Crippen MR) is 77.2 cm³/mol. The summed E-state index contributed by atoms with van der Waals surface area (Å²) in [5, 5.41) is 10.7. The quantitative estimate of drug-likeness (QED) is 0.467. The van der Waals surface area contributed by atoms with Crippen molar-refractivity contribution in [3.05, 3.63) is 39.9 Å².